The van der Waals surface area contributed by atoms with E-state index in [1.54, 1.807) is 23.1 Å². The maximum atomic E-state index is 13.7. The van der Waals surface area contributed by atoms with Crippen molar-refractivity contribution >= 4 is 68.0 Å². The van der Waals surface area contributed by atoms with Crippen molar-refractivity contribution in [1.82, 2.24) is 9.88 Å². The highest BCUT2D eigenvalue weighted by Gasteiger charge is 2.27. The fraction of sp³-hybridized carbons (Fsp3) is 0.417. The van der Waals surface area contributed by atoms with Gasteiger partial charge in [0.15, 0.2) is 5.13 Å². The fourth-order valence-corrected chi connectivity index (χ4v) is 5.36. The zero-order chi connectivity index (χ0) is 24.9. The number of anilines is 2. The van der Waals surface area contributed by atoms with Crippen molar-refractivity contribution in [2.24, 2.45) is 0 Å². The van der Waals surface area contributed by atoms with Crippen molar-refractivity contribution in [1.29, 1.82) is 0 Å². The highest BCUT2D eigenvalue weighted by atomic mass is 35.5. The van der Waals surface area contributed by atoms with Crippen molar-refractivity contribution in [3.05, 3.63) is 57.1 Å². The minimum Gasteiger partial charge on any atom is -0.378 e. The summed E-state index contributed by atoms with van der Waals surface area (Å²) in [5.41, 5.74) is 1.42. The highest BCUT2D eigenvalue weighted by Crippen LogP contribution is 2.34. The van der Waals surface area contributed by atoms with Crippen LogP contribution in [0.25, 0.3) is 10.2 Å². The number of ether oxygens (including phenoxy) is 1. The number of likely N-dealkylation sites (N-methyl/N-ethyl adjacent to an activating group) is 1. The normalized spacial score (nSPS) is 13.6. The van der Waals surface area contributed by atoms with Gasteiger partial charge >= 0.3 is 0 Å². The Morgan fingerprint density at radius 1 is 1.17 bits per heavy atom. The first-order chi connectivity index (χ1) is 16.9. The molecule has 0 bridgehead atoms. The molecule has 0 aliphatic carbocycles. The van der Waals surface area contributed by atoms with E-state index in [4.69, 9.17) is 16.3 Å². The summed E-state index contributed by atoms with van der Waals surface area (Å²) in [6.07, 6.45) is 0. The molecule has 1 aromatic heterocycles. The molecule has 0 spiro atoms. The second-order valence-electron chi connectivity index (χ2n) is 8.15. The Labute approximate surface area is 225 Å². The molecule has 36 heavy (non-hydrogen) atoms. The van der Waals surface area contributed by atoms with Crippen LogP contribution in [0.1, 0.15) is 24.2 Å². The molecule has 194 valence electrons. The van der Waals surface area contributed by atoms with Crippen LogP contribution in [0.2, 0.25) is 5.02 Å². The number of carbonyl (C=O) groups is 1. The van der Waals surface area contributed by atoms with E-state index >= 15 is 0 Å². The topological polar surface area (TPSA) is 92.0 Å². The van der Waals surface area contributed by atoms with Crippen LogP contribution < -0.4 is 9.80 Å². The lowest BCUT2D eigenvalue weighted by Gasteiger charge is -2.29. The van der Waals surface area contributed by atoms with E-state index in [0.29, 0.717) is 55.2 Å². The number of thiazole rings is 1. The van der Waals surface area contributed by atoms with Gasteiger partial charge in [0.1, 0.15) is 5.69 Å². The van der Waals surface area contributed by atoms with Gasteiger partial charge in [0.05, 0.1) is 28.4 Å². The third-order valence-electron chi connectivity index (χ3n) is 6.12. The number of halogens is 2. The van der Waals surface area contributed by atoms with Gasteiger partial charge in [-0.3, -0.25) is 19.8 Å². The molecule has 0 radical (unpaired) electrons. The summed E-state index contributed by atoms with van der Waals surface area (Å²) in [6.45, 7) is 9.08. The summed E-state index contributed by atoms with van der Waals surface area (Å²) in [7, 11) is 0. The molecule has 4 rings (SSSR count). The SMILES string of the molecule is CCN(CC)CCN(C(=O)c1ccc(N2CCOCC2)c([N+](=O)[O-])c1)c1nc2ccc(Cl)cc2s1.Cl. The number of nitro benzene ring substituents is 1. The average molecular weight is 555 g/mol. The molecule has 1 amide bonds. The molecular weight excluding hydrogens is 525 g/mol. The lowest BCUT2D eigenvalue weighted by Crippen LogP contribution is -2.39. The van der Waals surface area contributed by atoms with Gasteiger partial charge in [0.2, 0.25) is 0 Å². The molecule has 1 aliphatic rings. The quantitative estimate of drug-likeness (QED) is 0.268. The highest BCUT2D eigenvalue weighted by molar-refractivity contribution is 7.22. The first-order valence-electron chi connectivity index (χ1n) is 11.6. The van der Waals surface area contributed by atoms with Crippen molar-refractivity contribution in [2.45, 2.75) is 13.8 Å². The molecule has 2 aromatic carbocycles. The van der Waals surface area contributed by atoms with E-state index in [2.05, 4.69) is 23.7 Å². The van der Waals surface area contributed by atoms with Crippen LogP contribution in [0.3, 0.4) is 0 Å². The second-order valence-corrected chi connectivity index (χ2v) is 9.60. The molecule has 1 saturated heterocycles. The monoisotopic (exact) mass is 553 g/mol. The smallest absolute Gasteiger partial charge is 0.293 e. The summed E-state index contributed by atoms with van der Waals surface area (Å²) in [5, 5.41) is 13.1. The number of nitrogens with zero attached hydrogens (tertiary/aromatic N) is 5. The number of morpholine rings is 1. The van der Waals surface area contributed by atoms with Crippen LogP contribution in [0.4, 0.5) is 16.5 Å². The van der Waals surface area contributed by atoms with Crippen molar-refractivity contribution in [3.63, 3.8) is 0 Å². The van der Waals surface area contributed by atoms with Gasteiger partial charge in [-0.1, -0.05) is 36.8 Å². The summed E-state index contributed by atoms with van der Waals surface area (Å²) in [6, 6.07) is 10.1. The Kier molecular flexibility index (Phi) is 9.86. The number of carbonyl (C=O) groups excluding carboxylic acids is 1. The molecule has 0 atom stereocenters. The summed E-state index contributed by atoms with van der Waals surface area (Å²) < 4.78 is 6.25. The summed E-state index contributed by atoms with van der Waals surface area (Å²) >= 11 is 7.53. The second kappa shape index (κ2) is 12.6. The molecule has 12 heteroatoms. The number of hydrogen-bond acceptors (Lipinski definition) is 8. The van der Waals surface area contributed by atoms with Crippen molar-refractivity contribution in [2.75, 3.05) is 62.3 Å². The Balaban J connectivity index is 0.00000361. The molecule has 9 nitrogen and oxygen atoms in total. The largest absolute Gasteiger partial charge is 0.378 e. The molecule has 2 heterocycles. The van der Waals surface area contributed by atoms with Gasteiger partial charge in [-0.15, -0.1) is 12.4 Å². The molecular formula is C24H29Cl2N5O4S. The van der Waals surface area contributed by atoms with Gasteiger partial charge in [-0.25, -0.2) is 4.98 Å². The first-order valence-corrected chi connectivity index (χ1v) is 12.8. The summed E-state index contributed by atoms with van der Waals surface area (Å²) in [4.78, 5) is 35.6. The van der Waals surface area contributed by atoms with E-state index in [1.807, 2.05) is 17.0 Å². The maximum Gasteiger partial charge on any atom is 0.293 e. The maximum absolute atomic E-state index is 13.7. The Morgan fingerprint density at radius 2 is 1.89 bits per heavy atom. The number of nitro groups is 1. The molecule has 3 aromatic rings. The number of aromatic nitrogens is 1. The molecule has 0 saturated carbocycles. The lowest BCUT2D eigenvalue weighted by atomic mass is 10.1. The third-order valence-corrected chi connectivity index (χ3v) is 7.40. The zero-order valence-electron chi connectivity index (χ0n) is 20.2. The predicted molar refractivity (Wildman–Crippen MR) is 147 cm³/mol. The number of rotatable bonds is 9. The average Bonchev–Trinajstić information content (AvgIpc) is 3.29. The van der Waals surface area contributed by atoms with Crippen molar-refractivity contribution in [3.8, 4) is 0 Å². The van der Waals surface area contributed by atoms with E-state index in [9.17, 15) is 14.9 Å². The van der Waals surface area contributed by atoms with Crippen LogP contribution in [-0.4, -0.2) is 73.2 Å². The zero-order valence-corrected chi connectivity index (χ0v) is 22.6. The molecule has 0 unspecified atom stereocenters. The molecule has 0 N–H and O–H groups in total. The Morgan fingerprint density at radius 3 is 2.56 bits per heavy atom. The minimum atomic E-state index is -0.429. The minimum absolute atomic E-state index is 0. The van der Waals surface area contributed by atoms with Crippen LogP contribution in [0.15, 0.2) is 36.4 Å². The number of benzene rings is 2. The third kappa shape index (κ3) is 6.24. The Hall–Kier alpha value is -2.50. The van der Waals surface area contributed by atoms with E-state index < -0.39 is 4.92 Å². The van der Waals surface area contributed by atoms with E-state index in [-0.39, 0.29) is 29.6 Å². The fourth-order valence-electron chi connectivity index (χ4n) is 4.10. The van der Waals surface area contributed by atoms with Gasteiger partial charge < -0.3 is 14.5 Å². The summed E-state index contributed by atoms with van der Waals surface area (Å²) in [5.74, 6) is -0.320. The van der Waals surface area contributed by atoms with E-state index in [1.165, 1.54) is 17.4 Å². The number of amides is 1. The molecule has 1 fully saturated rings. The van der Waals surface area contributed by atoms with Crippen LogP contribution in [0, 0.1) is 10.1 Å². The standard InChI is InChI=1S/C24H28ClN5O4S.ClH/c1-3-27(4-2)9-10-29(24-26-19-7-6-18(25)16-22(19)35-24)23(31)17-5-8-20(21(15-17)30(32)33)28-11-13-34-14-12-28;/h5-8,15-16H,3-4,9-14H2,1-2H3;1H. The molecule has 1 aliphatic heterocycles. The first kappa shape index (κ1) is 28.1. The van der Waals surface area contributed by atoms with Crippen LogP contribution in [-0.2, 0) is 4.74 Å². The predicted octanol–water partition coefficient (Wildman–Crippen LogP) is 5.10. The number of fused-ring (bicyclic) bond motifs is 1. The van der Waals surface area contributed by atoms with Gasteiger partial charge in [0, 0.05) is 42.8 Å². The lowest BCUT2D eigenvalue weighted by molar-refractivity contribution is -0.384. The number of hydrogen-bond donors (Lipinski definition) is 0. The van der Waals surface area contributed by atoms with Crippen LogP contribution >= 0.6 is 35.3 Å². The van der Waals surface area contributed by atoms with Gasteiger partial charge in [-0.05, 0) is 43.4 Å². The van der Waals surface area contributed by atoms with E-state index in [0.717, 1.165) is 23.3 Å². The Bertz CT molecular complexity index is 1210. The van der Waals surface area contributed by atoms with Gasteiger partial charge in [-0.2, -0.15) is 0 Å². The van der Waals surface area contributed by atoms with Crippen molar-refractivity contribution < 1.29 is 14.5 Å². The van der Waals surface area contributed by atoms with Gasteiger partial charge in [0.25, 0.3) is 11.6 Å². The van der Waals surface area contributed by atoms with Crippen LogP contribution in [0.5, 0.6) is 0 Å².